The summed E-state index contributed by atoms with van der Waals surface area (Å²) in [7, 11) is 0. The molecule has 0 atom stereocenters. The number of rotatable bonds is 1. The Labute approximate surface area is 66.1 Å². The van der Waals surface area contributed by atoms with Crippen LogP contribution in [0, 0.1) is 12.7 Å². The van der Waals surface area contributed by atoms with Crippen LogP contribution in [0.4, 0.5) is 4.39 Å². The maximum atomic E-state index is 13.1. The molecule has 0 radical (unpaired) electrons. The zero-order chi connectivity index (χ0) is 7.84. The van der Waals surface area contributed by atoms with E-state index in [4.69, 9.17) is 0 Å². The number of hydrogen-bond acceptors (Lipinski definition) is 0. The van der Waals surface area contributed by atoms with Gasteiger partial charge in [-0.15, -0.1) is 0 Å². The number of benzene rings is 1. The minimum absolute atomic E-state index is 0.0295. The van der Waals surface area contributed by atoms with Crippen LogP contribution in [0.1, 0.15) is 29.9 Å². The smallest absolute Gasteiger partial charge is 0.126 e. The van der Waals surface area contributed by atoms with Crippen LogP contribution in [0.2, 0.25) is 0 Å². The third-order valence-electron chi connectivity index (χ3n) is 2.17. The van der Waals surface area contributed by atoms with Gasteiger partial charge in [0.25, 0.3) is 0 Å². The molecule has 0 aliphatic heterocycles. The first-order valence-electron chi connectivity index (χ1n) is 4.03. The van der Waals surface area contributed by atoms with Crippen molar-refractivity contribution in [1.82, 2.24) is 0 Å². The van der Waals surface area contributed by atoms with E-state index in [0.717, 1.165) is 11.1 Å². The molecule has 0 bridgehead atoms. The fraction of sp³-hybridized carbons (Fsp3) is 0.400. The lowest BCUT2D eigenvalue weighted by molar-refractivity contribution is 0.610. The van der Waals surface area contributed by atoms with Crippen LogP contribution in [0.15, 0.2) is 18.2 Å². The first-order valence-corrected chi connectivity index (χ1v) is 4.03. The third-order valence-corrected chi connectivity index (χ3v) is 2.17. The van der Waals surface area contributed by atoms with Crippen LogP contribution in [-0.4, -0.2) is 0 Å². The molecule has 1 aliphatic rings. The zero-order valence-electron chi connectivity index (χ0n) is 6.60. The maximum Gasteiger partial charge on any atom is 0.126 e. The van der Waals surface area contributed by atoms with Gasteiger partial charge in [-0.05, 0) is 37.3 Å². The summed E-state index contributed by atoms with van der Waals surface area (Å²) in [4.78, 5) is 0. The molecule has 1 heteroatoms. The molecule has 0 unspecified atom stereocenters. The van der Waals surface area contributed by atoms with Gasteiger partial charge in [0.05, 0.1) is 0 Å². The van der Waals surface area contributed by atoms with E-state index in [1.54, 1.807) is 6.07 Å². The highest BCUT2D eigenvalue weighted by atomic mass is 19.1. The molecule has 2 rings (SSSR count). The van der Waals surface area contributed by atoms with Gasteiger partial charge in [0.15, 0.2) is 0 Å². The predicted octanol–water partition coefficient (Wildman–Crippen LogP) is 3.01. The molecule has 1 aromatic carbocycles. The summed E-state index contributed by atoms with van der Waals surface area (Å²) in [5.41, 5.74) is 2.08. The van der Waals surface area contributed by atoms with Crippen molar-refractivity contribution in [1.29, 1.82) is 0 Å². The summed E-state index contributed by atoms with van der Waals surface area (Å²) in [6.07, 6.45) is 2.33. The van der Waals surface area contributed by atoms with E-state index in [1.165, 1.54) is 12.8 Å². The van der Waals surface area contributed by atoms with Crippen LogP contribution in [0.25, 0.3) is 0 Å². The number of hydrogen-bond donors (Lipinski definition) is 0. The van der Waals surface area contributed by atoms with E-state index >= 15 is 0 Å². The first kappa shape index (κ1) is 6.84. The molecule has 0 saturated heterocycles. The van der Waals surface area contributed by atoms with Crippen LogP contribution in [-0.2, 0) is 0 Å². The van der Waals surface area contributed by atoms with Gasteiger partial charge < -0.3 is 0 Å². The van der Waals surface area contributed by atoms with Crippen molar-refractivity contribution in [2.24, 2.45) is 0 Å². The minimum atomic E-state index is -0.0295. The molecule has 11 heavy (non-hydrogen) atoms. The Morgan fingerprint density at radius 3 is 2.73 bits per heavy atom. The highest BCUT2D eigenvalue weighted by molar-refractivity contribution is 5.29. The lowest BCUT2D eigenvalue weighted by Crippen LogP contribution is -1.87. The average molecular weight is 150 g/mol. The molecule has 0 spiro atoms. The van der Waals surface area contributed by atoms with Gasteiger partial charge in [-0.1, -0.05) is 17.7 Å². The standard InChI is InChI=1S/C10H11F/c1-7-2-5-10(11)9(6-7)8-3-4-8/h2,5-6,8H,3-4H2,1H3. The van der Waals surface area contributed by atoms with Gasteiger partial charge in [0, 0.05) is 0 Å². The molecule has 58 valence electrons. The molecule has 0 heterocycles. The van der Waals surface area contributed by atoms with E-state index < -0.39 is 0 Å². The lowest BCUT2D eigenvalue weighted by Gasteiger charge is -2.00. The van der Waals surface area contributed by atoms with Gasteiger partial charge in [0.1, 0.15) is 5.82 Å². The molecular weight excluding hydrogens is 139 g/mol. The van der Waals surface area contributed by atoms with Gasteiger partial charge in [-0.3, -0.25) is 0 Å². The predicted molar refractivity (Wildman–Crippen MR) is 43.1 cm³/mol. The minimum Gasteiger partial charge on any atom is -0.207 e. The normalized spacial score (nSPS) is 16.9. The topological polar surface area (TPSA) is 0 Å². The second kappa shape index (κ2) is 2.33. The monoisotopic (exact) mass is 150 g/mol. The zero-order valence-corrected chi connectivity index (χ0v) is 6.60. The van der Waals surface area contributed by atoms with Crippen molar-refractivity contribution in [2.45, 2.75) is 25.7 Å². The average Bonchev–Trinajstić information content (AvgIpc) is 2.76. The Morgan fingerprint density at radius 2 is 2.09 bits per heavy atom. The molecule has 0 amide bonds. The largest absolute Gasteiger partial charge is 0.207 e. The second-order valence-electron chi connectivity index (χ2n) is 3.30. The van der Waals surface area contributed by atoms with Crippen LogP contribution >= 0.6 is 0 Å². The fourth-order valence-electron chi connectivity index (χ4n) is 1.37. The molecule has 0 aromatic heterocycles. The van der Waals surface area contributed by atoms with Gasteiger partial charge in [0.2, 0.25) is 0 Å². The van der Waals surface area contributed by atoms with Crippen LogP contribution in [0.5, 0.6) is 0 Å². The molecule has 0 nitrogen and oxygen atoms in total. The second-order valence-corrected chi connectivity index (χ2v) is 3.30. The van der Waals surface area contributed by atoms with E-state index in [1.807, 2.05) is 19.1 Å². The Kier molecular flexibility index (Phi) is 1.45. The Bertz CT molecular complexity index is 274. The highest BCUT2D eigenvalue weighted by Gasteiger charge is 2.26. The molecule has 1 aliphatic carbocycles. The van der Waals surface area contributed by atoms with Gasteiger partial charge in [-0.2, -0.15) is 0 Å². The van der Waals surface area contributed by atoms with Crippen LogP contribution in [0.3, 0.4) is 0 Å². The molecular formula is C10H11F. The summed E-state index contributed by atoms with van der Waals surface area (Å²) < 4.78 is 13.1. The summed E-state index contributed by atoms with van der Waals surface area (Å²) in [6.45, 7) is 2.01. The Balaban J connectivity index is 2.42. The quantitative estimate of drug-likeness (QED) is 0.577. The molecule has 1 aromatic rings. The third kappa shape index (κ3) is 1.28. The first-order chi connectivity index (χ1) is 5.27. The summed E-state index contributed by atoms with van der Waals surface area (Å²) in [6, 6.07) is 5.36. The molecule has 1 fully saturated rings. The Hall–Kier alpha value is -0.850. The number of halogens is 1. The SMILES string of the molecule is Cc1ccc(F)c(C2CC2)c1. The summed E-state index contributed by atoms with van der Waals surface area (Å²) >= 11 is 0. The highest BCUT2D eigenvalue weighted by Crippen LogP contribution is 2.41. The fourth-order valence-corrected chi connectivity index (χ4v) is 1.37. The van der Waals surface area contributed by atoms with E-state index in [0.29, 0.717) is 5.92 Å². The molecule has 0 N–H and O–H groups in total. The Morgan fingerprint density at radius 1 is 1.36 bits per heavy atom. The van der Waals surface area contributed by atoms with Crippen molar-refractivity contribution in [2.75, 3.05) is 0 Å². The van der Waals surface area contributed by atoms with E-state index in [-0.39, 0.29) is 5.82 Å². The summed E-state index contributed by atoms with van der Waals surface area (Å²) in [5, 5.41) is 0. The van der Waals surface area contributed by atoms with Gasteiger partial charge in [-0.25, -0.2) is 4.39 Å². The van der Waals surface area contributed by atoms with Crippen LogP contribution < -0.4 is 0 Å². The van der Waals surface area contributed by atoms with Crippen molar-refractivity contribution in [3.63, 3.8) is 0 Å². The van der Waals surface area contributed by atoms with Crippen molar-refractivity contribution >= 4 is 0 Å². The molecule has 1 saturated carbocycles. The maximum absolute atomic E-state index is 13.1. The van der Waals surface area contributed by atoms with E-state index in [9.17, 15) is 4.39 Å². The lowest BCUT2D eigenvalue weighted by atomic mass is 10.1. The summed E-state index contributed by atoms with van der Waals surface area (Å²) in [5.74, 6) is 0.494. The van der Waals surface area contributed by atoms with Gasteiger partial charge >= 0.3 is 0 Å². The van der Waals surface area contributed by atoms with Crippen molar-refractivity contribution in [3.05, 3.63) is 35.1 Å². The van der Waals surface area contributed by atoms with E-state index in [2.05, 4.69) is 0 Å². The van der Waals surface area contributed by atoms with Crippen molar-refractivity contribution in [3.8, 4) is 0 Å². The number of aryl methyl sites for hydroxylation is 1. The van der Waals surface area contributed by atoms with Crippen molar-refractivity contribution < 1.29 is 4.39 Å².